The van der Waals surface area contributed by atoms with E-state index in [2.05, 4.69) is 9.84 Å². The van der Waals surface area contributed by atoms with Crippen LogP contribution >= 0.6 is 0 Å². The van der Waals surface area contributed by atoms with Crippen LogP contribution in [0.5, 0.6) is 5.88 Å². The van der Waals surface area contributed by atoms with Crippen molar-refractivity contribution in [3.8, 4) is 22.7 Å². The number of benzene rings is 3. The van der Waals surface area contributed by atoms with Gasteiger partial charge in [-0.15, -0.1) is 0 Å². The average molecular weight is 431 g/mol. The number of carboxylic acid groups (broad SMARTS) is 1. The highest BCUT2D eigenvalue weighted by Crippen LogP contribution is 2.47. The maximum atomic E-state index is 11.3. The first-order valence-corrected chi connectivity index (χ1v) is 10.2. The molecular formula is C27H17N3O3. The molecule has 33 heavy (non-hydrogen) atoms. The van der Waals surface area contributed by atoms with Gasteiger partial charge in [-0.2, -0.15) is 0 Å². The van der Waals surface area contributed by atoms with Crippen molar-refractivity contribution in [2.24, 2.45) is 4.99 Å². The number of aromatic hydroxyl groups is 1. The Hall–Kier alpha value is -4.89. The number of aliphatic imine (C=N–C) groups is 1. The highest BCUT2D eigenvalue weighted by molar-refractivity contribution is 6.22. The average Bonchev–Trinajstić information content (AvgIpc) is 3.37. The summed E-state index contributed by atoms with van der Waals surface area (Å²) < 4.78 is 1.65. The van der Waals surface area contributed by atoms with Gasteiger partial charge in [0, 0.05) is 34.3 Å². The molecule has 0 bridgehead atoms. The van der Waals surface area contributed by atoms with Crippen molar-refractivity contribution in [1.29, 1.82) is 0 Å². The van der Waals surface area contributed by atoms with Crippen molar-refractivity contribution < 1.29 is 15.0 Å². The van der Waals surface area contributed by atoms with Crippen molar-refractivity contribution in [2.45, 2.75) is 0 Å². The summed E-state index contributed by atoms with van der Waals surface area (Å²) in [6, 6.07) is 23.6. The van der Waals surface area contributed by atoms with Gasteiger partial charge in [0.25, 0.3) is 5.69 Å². The number of aromatic carboxylic acids is 1. The molecule has 0 aliphatic carbocycles. The van der Waals surface area contributed by atoms with E-state index in [0.29, 0.717) is 22.6 Å². The van der Waals surface area contributed by atoms with Gasteiger partial charge in [0.05, 0.1) is 17.8 Å². The molecule has 0 saturated heterocycles. The summed E-state index contributed by atoms with van der Waals surface area (Å²) in [4.78, 5) is 19.4. The Labute approximate surface area is 189 Å². The summed E-state index contributed by atoms with van der Waals surface area (Å²) in [5.41, 5.74) is 5.19. The first-order valence-electron chi connectivity index (χ1n) is 10.2. The summed E-state index contributed by atoms with van der Waals surface area (Å²) in [6.07, 6.45) is 3.54. The molecule has 0 saturated carbocycles. The molecule has 158 valence electrons. The Balaban J connectivity index is 1.79. The Morgan fingerprint density at radius 2 is 1.70 bits per heavy atom. The molecule has 0 fully saturated rings. The smallest absolute Gasteiger partial charge is 0.335 e. The van der Waals surface area contributed by atoms with E-state index in [-0.39, 0.29) is 17.1 Å². The molecule has 5 rings (SSSR count). The van der Waals surface area contributed by atoms with Gasteiger partial charge < -0.3 is 10.2 Å². The number of hydrogen-bond donors (Lipinski definition) is 2. The lowest BCUT2D eigenvalue weighted by atomic mass is 10.00. The van der Waals surface area contributed by atoms with Gasteiger partial charge in [0.15, 0.2) is 5.88 Å². The highest BCUT2D eigenvalue weighted by atomic mass is 16.4. The predicted octanol–water partition coefficient (Wildman–Crippen LogP) is 6.36. The highest BCUT2D eigenvalue weighted by Gasteiger charge is 2.25. The second kappa shape index (κ2) is 7.98. The quantitative estimate of drug-likeness (QED) is 0.369. The first kappa shape index (κ1) is 20.0. The molecule has 1 aromatic heterocycles. The summed E-state index contributed by atoms with van der Waals surface area (Å²) in [5.74, 6) is -1.15. The molecular weight excluding hydrogens is 414 g/mol. The van der Waals surface area contributed by atoms with Gasteiger partial charge in [0.2, 0.25) is 0 Å². The third-order valence-electron chi connectivity index (χ3n) is 5.54. The van der Waals surface area contributed by atoms with Gasteiger partial charge in [-0.25, -0.2) is 9.64 Å². The molecule has 0 radical (unpaired) electrons. The number of nitrogens with zero attached hydrogens (tertiary/aromatic N) is 3. The molecule has 0 atom stereocenters. The van der Waals surface area contributed by atoms with Crippen LogP contribution in [-0.4, -0.2) is 27.0 Å². The van der Waals surface area contributed by atoms with Gasteiger partial charge in [0.1, 0.15) is 0 Å². The maximum absolute atomic E-state index is 11.3. The Kier molecular flexibility index (Phi) is 4.85. The second-order valence-electron chi connectivity index (χ2n) is 7.48. The van der Waals surface area contributed by atoms with E-state index in [1.807, 2.05) is 66.7 Å². The van der Waals surface area contributed by atoms with Crippen molar-refractivity contribution >= 4 is 35.2 Å². The second-order valence-corrected chi connectivity index (χ2v) is 7.48. The topological polar surface area (TPSA) is 79.2 Å². The summed E-state index contributed by atoms with van der Waals surface area (Å²) in [5, 5.41) is 20.4. The van der Waals surface area contributed by atoms with Crippen LogP contribution in [0.4, 0.5) is 11.4 Å². The lowest BCUT2D eigenvalue weighted by Crippen LogP contribution is -1.98. The van der Waals surface area contributed by atoms with Crippen LogP contribution in [0, 0.1) is 6.57 Å². The number of para-hydroxylation sites is 1. The van der Waals surface area contributed by atoms with Gasteiger partial charge in [-0.3, -0.25) is 9.56 Å². The zero-order valence-electron chi connectivity index (χ0n) is 17.3. The fourth-order valence-electron chi connectivity index (χ4n) is 4.02. The zero-order valence-corrected chi connectivity index (χ0v) is 17.3. The van der Waals surface area contributed by atoms with E-state index >= 15 is 0 Å². The molecule has 0 unspecified atom stereocenters. The Morgan fingerprint density at radius 1 is 1.00 bits per heavy atom. The molecule has 6 heteroatoms. The van der Waals surface area contributed by atoms with E-state index in [4.69, 9.17) is 6.57 Å². The van der Waals surface area contributed by atoms with Gasteiger partial charge >= 0.3 is 5.97 Å². The maximum Gasteiger partial charge on any atom is 0.335 e. The zero-order chi connectivity index (χ0) is 22.9. The number of rotatable bonds is 4. The van der Waals surface area contributed by atoms with Crippen LogP contribution in [0.3, 0.4) is 0 Å². The van der Waals surface area contributed by atoms with Crippen LogP contribution in [-0.2, 0) is 0 Å². The van der Waals surface area contributed by atoms with Crippen LogP contribution in [0.25, 0.3) is 33.3 Å². The third kappa shape index (κ3) is 3.38. The van der Waals surface area contributed by atoms with Crippen molar-refractivity contribution in [2.75, 3.05) is 0 Å². The van der Waals surface area contributed by atoms with Crippen molar-refractivity contribution in [3.05, 3.63) is 107 Å². The SMILES string of the molecule is [C-]#[N+]c1c(-c2ccccc2)c(C=C2C=Nc3cc(C(=O)O)ccc32)n(-c2ccccc2)c1O. The first-order chi connectivity index (χ1) is 16.1. The molecule has 4 aromatic rings. The summed E-state index contributed by atoms with van der Waals surface area (Å²) in [7, 11) is 0. The Bertz CT molecular complexity index is 1490. The van der Waals surface area contributed by atoms with E-state index in [9.17, 15) is 15.0 Å². The minimum Gasteiger partial charge on any atom is -0.503 e. The van der Waals surface area contributed by atoms with Crippen molar-refractivity contribution in [1.82, 2.24) is 4.57 Å². The fraction of sp³-hybridized carbons (Fsp3) is 0. The number of aromatic nitrogens is 1. The lowest BCUT2D eigenvalue weighted by molar-refractivity contribution is 0.0697. The van der Waals surface area contributed by atoms with E-state index in [0.717, 1.165) is 16.7 Å². The molecule has 1 aliphatic heterocycles. The van der Waals surface area contributed by atoms with Gasteiger partial charge in [-0.05, 0) is 35.9 Å². The van der Waals surface area contributed by atoms with Crippen LogP contribution < -0.4 is 0 Å². The standard InChI is InChI=1S/C27H17N3O3/c1-28-25-24(17-8-4-2-5-9-17)23(30(26(25)31)20-10-6-3-7-11-20)15-19-16-29-22-14-18(27(32)33)12-13-21(19)22/h2-16,31H,(H,32,33). The minimum atomic E-state index is -1.01. The number of carboxylic acids is 1. The monoisotopic (exact) mass is 431 g/mol. The van der Waals surface area contributed by atoms with E-state index < -0.39 is 5.97 Å². The number of allylic oxidation sites excluding steroid dienone is 1. The fourth-order valence-corrected chi connectivity index (χ4v) is 4.02. The molecule has 2 heterocycles. The number of fused-ring (bicyclic) bond motifs is 1. The molecule has 6 nitrogen and oxygen atoms in total. The molecule has 1 aliphatic rings. The number of hydrogen-bond acceptors (Lipinski definition) is 3. The van der Waals surface area contributed by atoms with E-state index in [1.165, 1.54) is 6.07 Å². The predicted molar refractivity (Wildman–Crippen MR) is 129 cm³/mol. The third-order valence-corrected chi connectivity index (χ3v) is 5.54. The largest absolute Gasteiger partial charge is 0.503 e. The summed E-state index contributed by atoms with van der Waals surface area (Å²) >= 11 is 0. The Morgan fingerprint density at radius 3 is 2.36 bits per heavy atom. The van der Waals surface area contributed by atoms with E-state index in [1.54, 1.807) is 22.9 Å². The lowest BCUT2D eigenvalue weighted by Gasteiger charge is -2.11. The molecule has 0 spiro atoms. The van der Waals surface area contributed by atoms with Crippen LogP contribution in [0.2, 0.25) is 0 Å². The number of carbonyl (C=O) groups is 1. The minimum absolute atomic E-state index is 0.140. The van der Waals surface area contributed by atoms with Gasteiger partial charge in [-0.1, -0.05) is 54.6 Å². The summed E-state index contributed by atoms with van der Waals surface area (Å²) in [6.45, 7) is 7.76. The van der Waals surface area contributed by atoms with Crippen molar-refractivity contribution in [3.63, 3.8) is 0 Å². The molecule has 2 N–H and O–H groups in total. The van der Waals surface area contributed by atoms with Crippen LogP contribution in [0.15, 0.2) is 83.9 Å². The normalized spacial score (nSPS) is 13.1. The molecule has 3 aromatic carbocycles. The molecule has 0 amide bonds. The van der Waals surface area contributed by atoms with Crippen LogP contribution in [0.1, 0.15) is 21.6 Å².